The van der Waals surface area contributed by atoms with Crippen molar-refractivity contribution in [2.75, 3.05) is 33.5 Å². The zero-order chi connectivity index (χ0) is 64.9. The number of methoxy groups -OCH3 is 1. The molecule has 0 aromatic heterocycles. The molecule has 0 aromatic carbocycles. The summed E-state index contributed by atoms with van der Waals surface area (Å²) in [5, 5.41) is 144. The number of hydrogen-bond acceptors (Lipinski definition) is 27. The lowest BCUT2D eigenvalue weighted by Gasteiger charge is -2.72. The summed E-state index contributed by atoms with van der Waals surface area (Å²) in [5.74, 6) is -5.18. The zero-order valence-electron chi connectivity index (χ0n) is 51.3. The third-order valence-electron chi connectivity index (χ3n) is 22.5. The van der Waals surface area contributed by atoms with Crippen LogP contribution in [0.4, 0.5) is 0 Å². The maximum absolute atomic E-state index is 15.0. The summed E-state index contributed by atoms with van der Waals surface area (Å²) in [5.41, 5.74) is -4.90. The van der Waals surface area contributed by atoms with Crippen LogP contribution in [0.3, 0.4) is 0 Å². The fourth-order valence-corrected chi connectivity index (χ4v) is 17.3. The van der Waals surface area contributed by atoms with E-state index in [4.69, 9.17) is 52.1 Å². The number of carbonyl (C=O) groups excluding carboxylic acids is 3. The molecule has 5 aliphatic carbocycles. The maximum atomic E-state index is 15.0. The van der Waals surface area contributed by atoms with Crippen molar-refractivity contribution < 1.29 is 138 Å². The Labute approximate surface area is 509 Å². The number of carbonyl (C=O) groups is 4. The van der Waals surface area contributed by atoms with E-state index < -0.39 is 230 Å². The number of aliphatic carboxylic acids is 1. The number of rotatable bonds is 15. The van der Waals surface area contributed by atoms with Gasteiger partial charge in [-0.2, -0.15) is 0 Å². The molecule has 4 aliphatic heterocycles. The van der Waals surface area contributed by atoms with Crippen molar-refractivity contribution in [3.8, 4) is 0 Å². The van der Waals surface area contributed by atoms with Crippen LogP contribution in [0.2, 0.25) is 0 Å². The molecule has 4 saturated carbocycles. The average molecular weight is 1260 g/mol. The molecule has 0 bridgehead atoms. The average Bonchev–Trinajstić information content (AvgIpc) is 0.672. The quantitative estimate of drug-likeness (QED) is 0.0276. The molecule has 30 unspecified atom stereocenters. The molecule has 8 fully saturated rings. The summed E-state index contributed by atoms with van der Waals surface area (Å²) in [6.45, 7) is 13.7. The molecule has 28 nitrogen and oxygen atoms in total. The fraction of sp³-hybridized carbons (Fsp3) is 0.867. The number of carboxylic acids is 1. The first-order valence-electron chi connectivity index (χ1n) is 30.4. The third kappa shape index (κ3) is 11.2. The number of hydrogen-bond donors (Lipinski definition) is 13. The smallest absolute Gasteiger partial charge is 0.335 e. The van der Waals surface area contributed by atoms with Gasteiger partial charge in [0.2, 0.25) is 0 Å². The first-order chi connectivity index (χ1) is 41.2. The SMILES string of the molecule is CC=C(C)C(=O)OC1C(O)C2(CO)C(OC(C)=O)CC3(C)C(=CCC4C5(C)CCC(OC6OC(C(=O)O)C(O)C(OC7OCC(O)C(O)C7OC7OCC(O)C(O)C7O)C6OC6OC(CO)C(O)C(O)C6O)C(C)(C(=O)OC)C5CCC43C)C2CC1(C)C. The van der Waals surface area contributed by atoms with Crippen LogP contribution in [-0.4, -0.2) is 259 Å². The van der Waals surface area contributed by atoms with E-state index >= 15 is 0 Å². The van der Waals surface area contributed by atoms with Crippen LogP contribution < -0.4 is 0 Å². The van der Waals surface area contributed by atoms with E-state index in [-0.39, 0.29) is 18.8 Å². The predicted octanol–water partition coefficient (Wildman–Crippen LogP) is -2.04. The number of esters is 3. The summed E-state index contributed by atoms with van der Waals surface area (Å²) in [6.07, 6.45) is -34.2. The van der Waals surface area contributed by atoms with E-state index in [1.165, 1.54) is 14.0 Å². The van der Waals surface area contributed by atoms with Crippen molar-refractivity contribution in [2.24, 2.45) is 50.2 Å². The van der Waals surface area contributed by atoms with Crippen LogP contribution >= 0.6 is 0 Å². The normalized spacial score (nSPS) is 50.2. The van der Waals surface area contributed by atoms with E-state index in [1.807, 2.05) is 13.8 Å². The van der Waals surface area contributed by atoms with Gasteiger partial charge in [0, 0.05) is 17.9 Å². The Hall–Kier alpha value is -3.44. The van der Waals surface area contributed by atoms with Gasteiger partial charge in [-0.1, -0.05) is 52.3 Å². The monoisotopic (exact) mass is 1260 g/mol. The number of aliphatic hydroxyl groups is 12. The molecule has 500 valence electrons. The largest absolute Gasteiger partial charge is 0.479 e. The second-order valence-electron chi connectivity index (χ2n) is 27.6. The van der Waals surface area contributed by atoms with E-state index in [0.717, 1.165) is 5.57 Å². The topological polar surface area (TPSA) is 433 Å². The second kappa shape index (κ2) is 25.5. The number of allylic oxidation sites excluding steroid dienone is 3. The highest BCUT2D eigenvalue weighted by Crippen LogP contribution is 2.76. The molecule has 0 radical (unpaired) electrons. The van der Waals surface area contributed by atoms with Crippen LogP contribution in [0.1, 0.15) is 107 Å². The number of ether oxygens (including phenoxy) is 11. The molecule has 0 spiro atoms. The Morgan fingerprint density at radius 2 is 1.28 bits per heavy atom. The van der Waals surface area contributed by atoms with Gasteiger partial charge in [-0.15, -0.1) is 0 Å². The van der Waals surface area contributed by atoms with Crippen molar-refractivity contribution in [2.45, 2.75) is 242 Å². The summed E-state index contributed by atoms with van der Waals surface area (Å²) in [4.78, 5) is 54.9. The lowest BCUT2D eigenvalue weighted by Crippen LogP contribution is -2.72. The maximum Gasteiger partial charge on any atom is 0.335 e. The number of fused-ring (bicyclic) bond motifs is 7. The number of carboxylic acid groups (broad SMARTS) is 1. The molecule has 0 amide bonds. The van der Waals surface area contributed by atoms with Gasteiger partial charge in [0.25, 0.3) is 0 Å². The highest BCUT2D eigenvalue weighted by atomic mass is 16.8. The Morgan fingerprint density at radius 3 is 1.90 bits per heavy atom. The lowest BCUT2D eigenvalue weighted by atomic mass is 9.33. The standard InChI is InChI=1S/C60H92O28/c1-11-24(2)49(76)88-47-46(73)60(23-62)27(18-55(47,4)5)26-12-13-31-56(6)16-15-33(59(9,54(77)78-10)32(56)14-17-57(31,7)58(26,8)19-34(60)81-25(3)63)83-53-45(87-51-40(71)38(69)37(68)30(20-61)82-51)42(41(72)43(85-53)48(74)75)84-52-44(36(67)29(65)22-80-52)86-50-39(70)35(66)28(64)21-79-50/h11-12,27-47,50-53,61-62,64-73H,13-23H2,1-10H3,(H,74,75). The molecule has 4 saturated heterocycles. The minimum atomic E-state index is -2.31. The Bertz CT molecular complexity index is 2620. The summed E-state index contributed by atoms with van der Waals surface area (Å²) in [6, 6.07) is 0. The summed E-state index contributed by atoms with van der Waals surface area (Å²) < 4.78 is 66.4. The molecular formula is C60H92O28. The molecule has 28 heteroatoms. The second-order valence-corrected chi connectivity index (χ2v) is 27.6. The molecular weight excluding hydrogens is 1170 g/mol. The predicted molar refractivity (Wildman–Crippen MR) is 295 cm³/mol. The van der Waals surface area contributed by atoms with Crippen molar-refractivity contribution >= 4 is 23.9 Å². The number of aliphatic hydroxyl groups excluding tert-OH is 12. The minimum Gasteiger partial charge on any atom is -0.479 e. The first kappa shape index (κ1) is 68.9. The van der Waals surface area contributed by atoms with Gasteiger partial charge in [0.05, 0.1) is 50.5 Å². The van der Waals surface area contributed by atoms with Gasteiger partial charge < -0.3 is 118 Å². The molecule has 30 atom stereocenters. The van der Waals surface area contributed by atoms with E-state index in [1.54, 1.807) is 26.8 Å². The first-order valence-corrected chi connectivity index (χ1v) is 30.4. The molecule has 4 heterocycles. The summed E-state index contributed by atoms with van der Waals surface area (Å²) in [7, 11) is 1.20. The third-order valence-corrected chi connectivity index (χ3v) is 22.5. The van der Waals surface area contributed by atoms with Crippen LogP contribution in [-0.2, 0) is 71.3 Å². The van der Waals surface area contributed by atoms with E-state index in [0.29, 0.717) is 37.7 Å². The Morgan fingerprint density at radius 1 is 0.659 bits per heavy atom. The van der Waals surface area contributed by atoms with Crippen LogP contribution in [0, 0.1) is 50.2 Å². The van der Waals surface area contributed by atoms with E-state index in [9.17, 15) is 85.6 Å². The molecule has 13 N–H and O–H groups in total. The Balaban J connectivity index is 1.08. The summed E-state index contributed by atoms with van der Waals surface area (Å²) >= 11 is 0. The van der Waals surface area contributed by atoms with Gasteiger partial charge >= 0.3 is 23.9 Å². The fourth-order valence-electron chi connectivity index (χ4n) is 17.3. The van der Waals surface area contributed by atoms with Gasteiger partial charge in [0.15, 0.2) is 31.3 Å². The van der Waals surface area contributed by atoms with Gasteiger partial charge in [-0.25, -0.2) is 9.59 Å². The lowest BCUT2D eigenvalue weighted by molar-refractivity contribution is -0.399. The van der Waals surface area contributed by atoms with Gasteiger partial charge in [-0.05, 0) is 99.7 Å². The van der Waals surface area contributed by atoms with Crippen molar-refractivity contribution in [1.82, 2.24) is 0 Å². The minimum absolute atomic E-state index is 0.0341. The van der Waals surface area contributed by atoms with E-state index in [2.05, 4.69) is 26.8 Å². The highest BCUT2D eigenvalue weighted by molar-refractivity contribution is 5.87. The molecule has 0 aromatic rings. The molecule has 88 heavy (non-hydrogen) atoms. The van der Waals surface area contributed by atoms with Gasteiger partial charge in [0.1, 0.15) is 97.7 Å². The van der Waals surface area contributed by atoms with Crippen LogP contribution in [0.25, 0.3) is 0 Å². The van der Waals surface area contributed by atoms with Crippen molar-refractivity contribution in [3.63, 3.8) is 0 Å². The highest BCUT2D eigenvalue weighted by Gasteiger charge is 2.75. The van der Waals surface area contributed by atoms with Crippen LogP contribution in [0.15, 0.2) is 23.3 Å². The van der Waals surface area contributed by atoms with Crippen molar-refractivity contribution in [3.05, 3.63) is 23.3 Å². The van der Waals surface area contributed by atoms with Gasteiger partial charge in [-0.3, -0.25) is 9.59 Å². The molecule has 9 rings (SSSR count). The zero-order valence-corrected chi connectivity index (χ0v) is 51.3. The Kier molecular flexibility index (Phi) is 19.9. The van der Waals surface area contributed by atoms with Crippen molar-refractivity contribution in [1.29, 1.82) is 0 Å². The van der Waals surface area contributed by atoms with Crippen LogP contribution in [0.5, 0.6) is 0 Å². The molecule has 9 aliphatic rings.